The summed E-state index contributed by atoms with van der Waals surface area (Å²) >= 11 is 3.62. The molecule has 0 bridgehead atoms. The van der Waals surface area contributed by atoms with E-state index in [1.807, 2.05) is 18.7 Å². The van der Waals surface area contributed by atoms with Gasteiger partial charge in [-0.25, -0.2) is 0 Å². The van der Waals surface area contributed by atoms with Gasteiger partial charge in [-0.05, 0) is 41.1 Å². The van der Waals surface area contributed by atoms with E-state index < -0.39 is 0 Å². The third-order valence-electron chi connectivity index (χ3n) is 4.32. The third-order valence-corrected chi connectivity index (χ3v) is 5.35. The van der Waals surface area contributed by atoms with Crippen LogP contribution in [0.3, 0.4) is 0 Å². The second-order valence-electron chi connectivity index (χ2n) is 5.64. The summed E-state index contributed by atoms with van der Waals surface area (Å²) in [6.07, 6.45) is 6.10. The molecular weight excluding hydrogens is 278 g/mol. The largest absolute Gasteiger partial charge is 0.327 e. The van der Waals surface area contributed by atoms with Crippen molar-refractivity contribution in [2.24, 2.45) is 18.2 Å². The highest BCUT2D eigenvalue weighted by Crippen LogP contribution is 2.41. The van der Waals surface area contributed by atoms with Crippen molar-refractivity contribution in [2.45, 2.75) is 52.0 Å². The van der Waals surface area contributed by atoms with Crippen LogP contribution in [0.25, 0.3) is 0 Å². The summed E-state index contributed by atoms with van der Waals surface area (Å²) in [6, 6.07) is 0.232. The van der Waals surface area contributed by atoms with E-state index in [0.29, 0.717) is 5.41 Å². The van der Waals surface area contributed by atoms with Crippen molar-refractivity contribution in [2.75, 3.05) is 0 Å². The normalized spacial score (nSPS) is 20.8. The standard InChI is InChI=1S/C13H22BrN3/c1-9-12(14)10(17(3)16-9)8-11(15)13(2)6-4-5-7-13/h11H,4-8,15H2,1-3H3. The van der Waals surface area contributed by atoms with Gasteiger partial charge in [0.15, 0.2) is 0 Å². The zero-order chi connectivity index (χ0) is 12.6. The maximum atomic E-state index is 6.43. The second-order valence-corrected chi connectivity index (χ2v) is 6.43. The molecule has 1 saturated carbocycles. The number of rotatable bonds is 3. The third kappa shape index (κ3) is 2.43. The van der Waals surface area contributed by atoms with Gasteiger partial charge in [0, 0.05) is 19.5 Å². The molecular formula is C13H22BrN3. The van der Waals surface area contributed by atoms with E-state index in [1.165, 1.54) is 31.4 Å². The lowest BCUT2D eigenvalue weighted by Crippen LogP contribution is -2.39. The van der Waals surface area contributed by atoms with Gasteiger partial charge in [0.1, 0.15) is 0 Å². The predicted octanol–water partition coefficient (Wildman–Crippen LogP) is 2.94. The number of hydrogen-bond acceptors (Lipinski definition) is 2. The first-order valence-electron chi connectivity index (χ1n) is 6.37. The fraction of sp³-hybridized carbons (Fsp3) is 0.769. The molecule has 0 aromatic carbocycles. The minimum absolute atomic E-state index is 0.232. The van der Waals surface area contributed by atoms with Gasteiger partial charge in [-0.15, -0.1) is 0 Å². The predicted molar refractivity (Wildman–Crippen MR) is 73.9 cm³/mol. The number of aromatic nitrogens is 2. The summed E-state index contributed by atoms with van der Waals surface area (Å²) in [6.45, 7) is 4.36. The molecule has 0 saturated heterocycles. The molecule has 2 N–H and O–H groups in total. The fourth-order valence-corrected chi connectivity index (χ4v) is 3.41. The van der Waals surface area contributed by atoms with E-state index in [1.54, 1.807) is 0 Å². The Bertz CT molecular complexity index is 405. The number of hydrogen-bond donors (Lipinski definition) is 1. The van der Waals surface area contributed by atoms with E-state index in [4.69, 9.17) is 5.73 Å². The van der Waals surface area contributed by atoms with Crippen LogP contribution in [-0.4, -0.2) is 15.8 Å². The Morgan fingerprint density at radius 2 is 2.06 bits per heavy atom. The lowest BCUT2D eigenvalue weighted by atomic mass is 9.79. The quantitative estimate of drug-likeness (QED) is 0.932. The maximum absolute atomic E-state index is 6.43. The summed E-state index contributed by atoms with van der Waals surface area (Å²) in [5.41, 5.74) is 9.02. The van der Waals surface area contributed by atoms with Crippen LogP contribution >= 0.6 is 15.9 Å². The monoisotopic (exact) mass is 299 g/mol. The molecule has 1 atom stereocenters. The second kappa shape index (κ2) is 4.73. The van der Waals surface area contributed by atoms with Crippen LogP contribution in [-0.2, 0) is 13.5 Å². The summed E-state index contributed by atoms with van der Waals surface area (Å²) < 4.78 is 3.08. The number of nitrogens with two attached hydrogens (primary N) is 1. The minimum Gasteiger partial charge on any atom is -0.327 e. The van der Waals surface area contributed by atoms with Gasteiger partial charge in [0.2, 0.25) is 0 Å². The summed E-state index contributed by atoms with van der Waals surface area (Å²) in [5, 5.41) is 4.43. The molecule has 0 spiro atoms. The fourth-order valence-electron chi connectivity index (χ4n) is 2.91. The Morgan fingerprint density at radius 1 is 1.47 bits per heavy atom. The van der Waals surface area contributed by atoms with Crippen molar-refractivity contribution in [1.29, 1.82) is 0 Å². The van der Waals surface area contributed by atoms with Crippen molar-refractivity contribution in [3.05, 3.63) is 15.9 Å². The molecule has 0 radical (unpaired) electrons. The lowest BCUT2D eigenvalue weighted by Gasteiger charge is -2.31. The average molecular weight is 300 g/mol. The molecule has 96 valence electrons. The Balaban J connectivity index is 2.15. The Kier molecular flexibility index (Phi) is 3.64. The molecule has 1 heterocycles. The SMILES string of the molecule is Cc1nn(C)c(CC(N)C2(C)CCCC2)c1Br. The first-order valence-corrected chi connectivity index (χ1v) is 7.17. The summed E-state index contributed by atoms with van der Waals surface area (Å²) in [4.78, 5) is 0. The first-order chi connectivity index (χ1) is 7.94. The van der Waals surface area contributed by atoms with Gasteiger partial charge >= 0.3 is 0 Å². The van der Waals surface area contributed by atoms with Gasteiger partial charge in [-0.2, -0.15) is 5.10 Å². The zero-order valence-corrected chi connectivity index (χ0v) is 12.5. The molecule has 1 fully saturated rings. The van der Waals surface area contributed by atoms with Crippen molar-refractivity contribution in [3.63, 3.8) is 0 Å². The first kappa shape index (κ1) is 13.1. The highest BCUT2D eigenvalue weighted by atomic mass is 79.9. The molecule has 1 aromatic heterocycles. The molecule has 0 aliphatic heterocycles. The van der Waals surface area contributed by atoms with Crippen molar-refractivity contribution >= 4 is 15.9 Å². The maximum Gasteiger partial charge on any atom is 0.0738 e. The van der Waals surface area contributed by atoms with Gasteiger partial charge in [-0.1, -0.05) is 19.8 Å². The van der Waals surface area contributed by atoms with Gasteiger partial charge in [-0.3, -0.25) is 4.68 Å². The van der Waals surface area contributed by atoms with E-state index in [-0.39, 0.29) is 6.04 Å². The van der Waals surface area contributed by atoms with Crippen LogP contribution in [0.5, 0.6) is 0 Å². The molecule has 1 aromatic rings. The number of aryl methyl sites for hydroxylation is 2. The molecule has 1 unspecified atom stereocenters. The Labute approximate surface area is 112 Å². The molecule has 1 aliphatic carbocycles. The molecule has 3 nitrogen and oxygen atoms in total. The summed E-state index contributed by atoms with van der Waals surface area (Å²) in [7, 11) is 2.00. The number of nitrogens with zero attached hydrogens (tertiary/aromatic N) is 2. The van der Waals surface area contributed by atoms with Crippen LogP contribution in [0.4, 0.5) is 0 Å². The Morgan fingerprint density at radius 3 is 2.53 bits per heavy atom. The smallest absolute Gasteiger partial charge is 0.0738 e. The van der Waals surface area contributed by atoms with Crippen LogP contribution in [0, 0.1) is 12.3 Å². The van der Waals surface area contributed by atoms with Crippen LogP contribution in [0.2, 0.25) is 0 Å². The minimum atomic E-state index is 0.232. The van der Waals surface area contributed by atoms with E-state index >= 15 is 0 Å². The van der Waals surface area contributed by atoms with Crippen LogP contribution < -0.4 is 5.73 Å². The topological polar surface area (TPSA) is 43.8 Å². The van der Waals surface area contributed by atoms with Gasteiger partial charge in [0.25, 0.3) is 0 Å². The zero-order valence-electron chi connectivity index (χ0n) is 11.0. The van der Waals surface area contributed by atoms with Crippen molar-refractivity contribution in [3.8, 4) is 0 Å². The molecule has 4 heteroatoms. The highest BCUT2D eigenvalue weighted by molar-refractivity contribution is 9.10. The average Bonchev–Trinajstić information content (AvgIpc) is 2.80. The summed E-state index contributed by atoms with van der Waals surface area (Å²) in [5.74, 6) is 0. The number of halogens is 1. The van der Waals surface area contributed by atoms with Crippen LogP contribution in [0.15, 0.2) is 4.47 Å². The van der Waals surface area contributed by atoms with E-state index in [2.05, 4.69) is 28.0 Å². The lowest BCUT2D eigenvalue weighted by molar-refractivity contribution is 0.257. The molecule has 2 rings (SSSR count). The van der Waals surface area contributed by atoms with E-state index in [9.17, 15) is 0 Å². The van der Waals surface area contributed by atoms with Gasteiger partial charge in [0.05, 0.1) is 15.9 Å². The van der Waals surface area contributed by atoms with E-state index in [0.717, 1.165) is 16.6 Å². The van der Waals surface area contributed by atoms with Crippen molar-refractivity contribution < 1.29 is 0 Å². The van der Waals surface area contributed by atoms with Gasteiger partial charge < -0.3 is 5.73 Å². The van der Waals surface area contributed by atoms with Crippen LogP contribution in [0.1, 0.15) is 44.0 Å². The molecule has 0 amide bonds. The highest BCUT2D eigenvalue weighted by Gasteiger charge is 2.35. The molecule has 17 heavy (non-hydrogen) atoms. The Hall–Kier alpha value is -0.350. The van der Waals surface area contributed by atoms with Crippen molar-refractivity contribution in [1.82, 2.24) is 9.78 Å². The molecule has 1 aliphatic rings.